The number of nitrogens with zero attached hydrogens (tertiary/aromatic N) is 2. The van der Waals surface area contributed by atoms with Gasteiger partial charge in [0.15, 0.2) is 0 Å². The maximum atomic E-state index is 13.4. The van der Waals surface area contributed by atoms with Crippen molar-refractivity contribution in [3.63, 3.8) is 0 Å². The Balaban J connectivity index is 1.69. The van der Waals surface area contributed by atoms with Gasteiger partial charge in [-0.15, -0.1) is 11.8 Å². The highest BCUT2D eigenvalue weighted by molar-refractivity contribution is 7.98. The molecule has 0 radical (unpaired) electrons. The van der Waals surface area contributed by atoms with Crippen LogP contribution >= 0.6 is 11.8 Å². The van der Waals surface area contributed by atoms with Crippen molar-refractivity contribution in [3.05, 3.63) is 76.1 Å². The molecule has 0 bridgehead atoms. The van der Waals surface area contributed by atoms with E-state index in [2.05, 4.69) is 15.5 Å². The van der Waals surface area contributed by atoms with Gasteiger partial charge in [-0.25, -0.2) is 9.37 Å². The number of benzene rings is 1. The van der Waals surface area contributed by atoms with Gasteiger partial charge in [-0.3, -0.25) is 4.79 Å². The molecule has 0 saturated heterocycles. The Labute approximate surface area is 161 Å². The number of aryl methyl sites for hydroxylation is 3. The number of nitrogens with one attached hydrogen (secondary N) is 1. The molecule has 0 unspecified atom stereocenters. The molecular formula is C20H20FN3O2S. The minimum absolute atomic E-state index is 0.216. The lowest BCUT2D eigenvalue weighted by molar-refractivity contribution is 0.0947. The van der Waals surface area contributed by atoms with E-state index >= 15 is 0 Å². The number of aromatic nitrogens is 2. The summed E-state index contributed by atoms with van der Waals surface area (Å²) < 4.78 is 18.5. The third-order valence-corrected chi connectivity index (χ3v) is 5.26. The Morgan fingerprint density at radius 3 is 2.78 bits per heavy atom. The molecule has 0 aliphatic carbocycles. The zero-order valence-corrected chi connectivity index (χ0v) is 16.2. The smallest absolute Gasteiger partial charge is 0.254 e. The third-order valence-electron chi connectivity index (χ3n) is 4.23. The van der Waals surface area contributed by atoms with Crippen molar-refractivity contribution in [2.45, 2.75) is 38.1 Å². The molecular weight excluding hydrogens is 365 g/mol. The second kappa shape index (κ2) is 8.35. The third kappa shape index (κ3) is 4.54. The molecule has 1 aromatic carbocycles. The Morgan fingerprint density at radius 1 is 1.26 bits per heavy atom. The number of thioether (sulfide) groups is 1. The molecule has 0 fully saturated rings. The number of hydrogen-bond acceptors (Lipinski definition) is 5. The fraction of sp³-hybridized carbons (Fsp3) is 0.250. The summed E-state index contributed by atoms with van der Waals surface area (Å²) in [6.45, 7) is 5.78. The molecule has 2 aromatic heterocycles. The summed E-state index contributed by atoms with van der Waals surface area (Å²) in [7, 11) is 0. The van der Waals surface area contributed by atoms with Crippen LogP contribution in [0.15, 0.2) is 46.1 Å². The van der Waals surface area contributed by atoms with Crippen molar-refractivity contribution < 1.29 is 13.7 Å². The molecule has 3 aromatic rings. The molecule has 7 heteroatoms. The number of amides is 1. The number of rotatable bonds is 6. The Hall–Kier alpha value is -2.67. The van der Waals surface area contributed by atoms with Gasteiger partial charge in [0.1, 0.15) is 16.6 Å². The average molecular weight is 385 g/mol. The maximum absolute atomic E-state index is 13.4. The van der Waals surface area contributed by atoms with E-state index in [-0.39, 0.29) is 11.7 Å². The van der Waals surface area contributed by atoms with Crippen LogP contribution in [0.5, 0.6) is 0 Å². The predicted octanol–water partition coefficient (Wildman–Crippen LogP) is 4.36. The molecule has 0 saturated carbocycles. The molecule has 0 aliphatic heterocycles. The van der Waals surface area contributed by atoms with E-state index in [0.29, 0.717) is 28.5 Å². The van der Waals surface area contributed by atoms with E-state index in [1.807, 2.05) is 13.8 Å². The Bertz CT molecular complexity index is 952. The highest BCUT2D eigenvalue weighted by atomic mass is 32.2. The van der Waals surface area contributed by atoms with Gasteiger partial charge in [-0.1, -0.05) is 17.3 Å². The van der Waals surface area contributed by atoms with Crippen molar-refractivity contribution in [2.75, 3.05) is 0 Å². The summed E-state index contributed by atoms with van der Waals surface area (Å²) in [5, 5.41) is 7.46. The van der Waals surface area contributed by atoms with E-state index in [4.69, 9.17) is 4.52 Å². The van der Waals surface area contributed by atoms with Crippen molar-refractivity contribution in [2.24, 2.45) is 0 Å². The quantitative estimate of drug-likeness (QED) is 0.639. The zero-order chi connectivity index (χ0) is 19.4. The Kier molecular flexibility index (Phi) is 5.91. The predicted molar refractivity (Wildman–Crippen MR) is 102 cm³/mol. The first-order valence-electron chi connectivity index (χ1n) is 8.48. The summed E-state index contributed by atoms with van der Waals surface area (Å²) in [5.41, 5.74) is 3.76. The number of hydrogen-bond donors (Lipinski definition) is 1. The van der Waals surface area contributed by atoms with E-state index < -0.39 is 0 Å². The van der Waals surface area contributed by atoms with Crippen LogP contribution in [0.25, 0.3) is 0 Å². The molecule has 27 heavy (non-hydrogen) atoms. The molecule has 0 aliphatic rings. The SMILES string of the molecule is Cc1cc(CNC(=O)c2cccnc2SCc2c(C)noc2C)ccc1F. The molecule has 1 N–H and O–H groups in total. The van der Waals surface area contributed by atoms with Crippen LogP contribution in [0.3, 0.4) is 0 Å². The summed E-state index contributed by atoms with van der Waals surface area (Å²) in [5.74, 6) is 0.922. The van der Waals surface area contributed by atoms with Gasteiger partial charge in [0.2, 0.25) is 0 Å². The summed E-state index contributed by atoms with van der Waals surface area (Å²) >= 11 is 1.47. The van der Waals surface area contributed by atoms with Gasteiger partial charge >= 0.3 is 0 Å². The standard InChI is InChI=1S/C20H20FN3O2S/c1-12-9-15(6-7-18(12)21)10-23-19(25)16-5-4-8-22-20(16)27-11-17-13(2)24-26-14(17)3/h4-9H,10-11H2,1-3H3,(H,23,25). The van der Waals surface area contributed by atoms with Gasteiger partial charge in [0.25, 0.3) is 5.91 Å². The number of pyridine rings is 1. The molecule has 2 heterocycles. The van der Waals surface area contributed by atoms with Crippen molar-refractivity contribution >= 4 is 17.7 Å². The van der Waals surface area contributed by atoms with Crippen LogP contribution in [-0.2, 0) is 12.3 Å². The van der Waals surface area contributed by atoms with Crippen LogP contribution in [-0.4, -0.2) is 16.0 Å². The summed E-state index contributed by atoms with van der Waals surface area (Å²) in [4.78, 5) is 17.0. The molecule has 1 amide bonds. The number of carbonyl (C=O) groups is 1. The lowest BCUT2D eigenvalue weighted by atomic mass is 10.1. The molecule has 0 atom stereocenters. The summed E-state index contributed by atoms with van der Waals surface area (Å²) in [6.07, 6.45) is 1.66. The van der Waals surface area contributed by atoms with Crippen LogP contribution in [0.4, 0.5) is 4.39 Å². The maximum Gasteiger partial charge on any atom is 0.254 e. The number of halogens is 1. The van der Waals surface area contributed by atoms with Crippen LogP contribution in [0.1, 0.15) is 38.5 Å². The van der Waals surface area contributed by atoms with Crippen molar-refractivity contribution in [1.82, 2.24) is 15.5 Å². The minimum atomic E-state index is -0.254. The molecule has 5 nitrogen and oxygen atoms in total. The fourth-order valence-electron chi connectivity index (χ4n) is 2.62. The second-order valence-corrected chi connectivity index (χ2v) is 7.18. The lowest BCUT2D eigenvalue weighted by Crippen LogP contribution is -2.23. The van der Waals surface area contributed by atoms with E-state index in [1.165, 1.54) is 17.8 Å². The van der Waals surface area contributed by atoms with Crippen LogP contribution < -0.4 is 5.32 Å². The summed E-state index contributed by atoms with van der Waals surface area (Å²) in [6, 6.07) is 8.28. The fourth-order valence-corrected chi connectivity index (χ4v) is 3.77. The van der Waals surface area contributed by atoms with Crippen LogP contribution in [0, 0.1) is 26.6 Å². The minimum Gasteiger partial charge on any atom is -0.361 e. The molecule has 0 spiro atoms. The number of carbonyl (C=O) groups excluding carboxylic acids is 1. The first-order valence-corrected chi connectivity index (χ1v) is 9.47. The lowest BCUT2D eigenvalue weighted by Gasteiger charge is -2.10. The van der Waals surface area contributed by atoms with Crippen molar-refractivity contribution in [1.29, 1.82) is 0 Å². The van der Waals surface area contributed by atoms with Gasteiger partial charge < -0.3 is 9.84 Å². The molecule has 3 rings (SSSR count). The normalized spacial score (nSPS) is 10.8. The topological polar surface area (TPSA) is 68.0 Å². The second-order valence-electron chi connectivity index (χ2n) is 6.21. The van der Waals surface area contributed by atoms with Gasteiger partial charge in [0.05, 0.1) is 11.3 Å². The van der Waals surface area contributed by atoms with Gasteiger partial charge in [-0.05, 0) is 50.1 Å². The van der Waals surface area contributed by atoms with Crippen LogP contribution in [0.2, 0.25) is 0 Å². The van der Waals surface area contributed by atoms with Crippen molar-refractivity contribution in [3.8, 4) is 0 Å². The van der Waals surface area contributed by atoms with Gasteiger partial charge in [-0.2, -0.15) is 0 Å². The van der Waals surface area contributed by atoms with Gasteiger partial charge in [0, 0.05) is 24.1 Å². The monoisotopic (exact) mass is 385 g/mol. The first kappa shape index (κ1) is 19.1. The molecule has 140 valence electrons. The Morgan fingerprint density at radius 2 is 2.07 bits per heavy atom. The average Bonchev–Trinajstić information content (AvgIpc) is 2.99. The van der Waals surface area contributed by atoms with E-state index in [1.54, 1.807) is 37.4 Å². The zero-order valence-electron chi connectivity index (χ0n) is 15.4. The highest BCUT2D eigenvalue weighted by Crippen LogP contribution is 2.27. The highest BCUT2D eigenvalue weighted by Gasteiger charge is 2.15. The largest absolute Gasteiger partial charge is 0.361 e. The van der Waals surface area contributed by atoms with E-state index in [9.17, 15) is 9.18 Å². The van der Waals surface area contributed by atoms with E-state index in [0.717, 1.165) is 22.6 Å². The first-order chi connectivity index (χ1) is 13.0.